The van der Waals surface area contributed by atoms with Gasteiger partial charge in [0, 0.05) is 12.6 Å². The number of halogens is 1. The van der Waals surface area contributed by atoms with Crippen LogP contribution in [0.4, 0.5) is 0 Å². The molecule has 0 amide bonds. The molecule has 2 aliphatic rings. The maximum atomic E-state index is 5.84. The molecule has 0 aliphatic carbocycles. The lowest BCUT2D eigenvalue weighted by molar-refractivity contribution is 0.169. The van der Waals surface area contributed by atoms with E-state index in [0.29, 0.717) is 25.2 Å². The smallest absolute Gasteiger partial charge is 0.175 e. The number of rotatable bonds is 2. The zero-order chi connectivity index (χ0) is 14.3. The van der Waals surface area contributed by atoms with Crippen molar-refractivity contribution in [2.75, 3.05) is 33.4 Å². The van der Waals surface area contributed by atoms with Gasteiger partial charge >= 0.3 is 0 Å². The molecular weight excluding hydrogens is 320 g/mol. The number of likely N-dealkylation sites (tertiary alicyclic amines) is 1. The second-order valence-corrected chi connectivity index (χ2v) is 6.53. The number of aryl methyl sites for hydroxylation is 1. The Morgan fingerprint density at radius 1 is 1.40 bits per heavy atom. The summed E-state index contributed by atoms with van der Waals surface area (Å²) in [5, 5.41) is 0. The van der Waals surface area contributed by atoms with E-state index >= 15 is 0 Å². The predicted octanol–water partition coefficient (Wildman–Crippen LogP) is 2.48. The Morgan fingerprint density at radius 3 is 2.85 bits per heavy atom. The number of nitrogens with two attached hydrogens (primary N) is 1. The van der Waals surface area contributed by atoms with Crippen LogP contribution in [0.15, 0.2) is 10.5 Å². The van der Waals surface area contributed by atoms with Gasteiger partial charge in [0.15, 0.2) is 11.5 Å². The summed E-state index contributed by atoms with van der Waals surface area (Å²) in [5.74, 6) is 2.27. The number of hydrogen-bond donors (Lipinski definition) is 1. The second kappa shape index (κ2) is 5.54. The van der Waals surface area contributed by atoms with Crippen LogP contribution < -0.4 is 15.2 Å². The first-order valence-electron chi connectivity index (χ1n) is 7.10. The molecule has 1 aromatic carbocycles. The largest absolute Gasteiger partial charge is 0.486 e. The Bertz CT molecular complexity index is 521. The molecule has 0 spiro atoms. The fourth-order valence-corrected chi connectivity index (χ4v) is 4.19. The van der Waals surface area contributed by atoms with Crippen molar-refractivity contribution < 1.29 is 9.47 Å². The average Bonchev–Trinajstić information content (AvgIpc) is 2.80. The monoisotopic (exact) mass is 340 g/mol. The van der Waals surface area contributed by atoms with E-state index in [2.05, 4.69) is 40.9 Å². The molecule has 1 saturated heterocycles. The van der Waals surface area contributed by atoms with Crippen LogP contribution in [0.1, 0.15) is 23.6 Å². The highest BCUT2D eigenvalue weighted by molar-refractivity contribution is 9.10. The molecule has 0 saturated carbocycles. The molecule has 110 valence electrons. The zero-order valence-corrected chi connectivity index (χ0v) is 13.6. The minimum Gasteiger partial charge on any atom is -0.486 e. The van der Waals surface area contributed by atoms with Gasteiger partial charge in [0.25, 0.3) is 0 Å². The first-order valence-corrected chi connectivity index (χ1v) is 7.90. The molecule has 2 atom stereocenters. The van der Waals surface area contributed by atoms with Gasteiger partial charge in [0.1, 0.15) is 13.2 Å². The third-order valence-corrected chi connectivity index (χ3v) is 5.11. The van der Waals surface area contributed by atoms with Gasteiger partial charge in [-0.05, 0) is 66.0 Å². The SMILES string of the molecule is Cc1cc2c(c(Br)c1C1CC(CN)CN1C)OCCO2. The normalized spacial score (nSPS) is 26.0. The Hall–Kier alpha value is -0.780. The van der Waals surface area contributed by atoms with E-state index < -0.39 is 0 Å². The van der Waals surface area contributed by atoms with Crippen LogP contribution in [-0.2, 0) is 0 Å². The molecule has 1 fully saturated rings. The molecule has 2 aliphatic heterocycles. The van der Waals surface area contributed by atoms with E-state index in [1.54, 1.807) is 0 Å². The first kappa shape index (κ1) is 14.2. The third-order valence-electron chi connectivity index (χ3n) is 4.32. The quantitative estimate of drug-likeness (QED) is 0.898. The lowest BCUT2D eigenvalue weighted by atomic mass is 9.95. The van der Waals surface area contributed by atoms with Crippen molar-refractivity contribution in [2.24, 2.45) is 11.7 Å². The highest BCUT2D eigenvalue weighted by atomic mass is 79.9. The van der Waals surface area contributed by atoms with Gasteiger partial charge in [-0.15, -0.1) is 0 Å². The standard InChI is InChI=1S/C15H21BrN2O2/c1-9-5-12-15(20-4-3-19-12)14(16)13(9)11-6-10(7-17)8-18(11)2/h5,10-11H,3-4,6-8,17H2,1-2H3. The minimum absolute atomic E-state index is 0.397. The van der Waals surface area contributed by atoms with Crippen LogP contribution in [0.3, 0.4) is 0 Å². The van der Waals surface area contributed by atoms with Crippen LogP contribution in [0.2, 0.25) is 0 Å². The number of fused-ring (bicyclic) bond motifs is 1. The van der Waals surface area contributed by atoms with Gasteiger partial charge in [-0.3, -0.25) is 4.90 Å². The summed E-state index contributed by atoms with van der Waals surface area (Å²) >= 11 is 3.73. The Balaban J connectivity index is 2.01. The van der Waals surface area contributed by atoms with Gasteiger partial charge in [0.05, 0.1) is 4.47 Å². The minimum atomic E-state index is 0.397. The van der Waals surface area contributed by atoms with Crippen molar-refractivity contribution in [3.8, 4) is 11.5 Å². The van der Waals surface area contributed by atoms with Crippen LogP contribution >= 0.6 is 15.9 Å². The number of hydrogen-bond acceptors (Lipinski definition) is 4. The fourth-order valence-electron chi connectivity index (χ4n) is 3.30. The molecule has 0 aromatic heterocycles. The Labute approximate surface area is 128 Å². The van der Waals surface area contributed by atoms with Crippen molar-refractivity contribution in [1.82, 2.24) is 4.90 Å². The zero-order valence-electron chi connectivity index (χ0n) is 12.0. The van der Waals surface area contributed by atoms with E-state index in [0.717, 1.165) is 35.5 Å². The summed E-state index contributed by atoms with van der Waals surface area (Å²) in [6.45, 7) is 5.18. The van der Waals surface area contributed by atoms with Crippen molar-refractivity contribution in [2.45, 2.75) is 19.4 Å². The Kier molecular flexibility index (Phi) is 3.93. The molecule has 20 heavy (non-hydrogen) atoms. The number of nitrogens with zero attached hydrogens (tertiary/aromatic N) is 1. The maximum Gasteiger partial charge on any atom is 0.175 e. The molecule has 3 rings (SSSR count). The summed E-state index contributed by atoms with van der Waals surface area (Å²) < 4.78 is 12.5. The van der Waals surface area contributed by atoms with Crippen molar-refractivity contribution in [1.29, 1.82) is 0 Å². The fraction of sp³-hybridized carbons (Fsp3) is 0.600. The molecular formula is C15H21BrN2O2. The maximum absolute atomic E-state index is 5.84. The van der Waals surface area contributed by atoms with Crippen LogP contribution in [0.25, 0.3) is 0 Å². The summed E-state index contributed by atoms with van der Waals surface area (Å²) in [6, 6.07) is 2.49. The topological polar surface area (TPSA) is 47.7 Å². The Morgan fingerprint density at radius 2 is 2.15 bits per heavy atom. The van der Waals surface area contributed by atoms with E-state index in [4.69, 9.17) is 15.2 Å². The summed E-state index contributed by atoms with van der Waals surface area (Å²) in [5.41, 5.74) is 8.40. The number of benzene rings is 1. The third kappa shape index (κ3) is 2.32. The van der Waals surface area contributed by atoms with Gasteiger partial charge < -0.3 is 15.2 Å². The average molecular weight is 341 g/mol. The second-order valence-electron chi connectivity index (χ2n) is 5.74. The molecule has 2 unspecified atom stereocenters. The van der Waals surface area contributed by atoms with Crippen LogP contribution in [-0.4, -0.2) is 38.3 Å². The predicted molar refractivity (Wildman–Crippen MR) is 82.4 cm³/mol. The van der Waals surface area contributed by atoms with Gasteiger partial charge in [0.2, 0.25) is 0 Å². The van der Waals surface area contributed by atoms with E-state index in [-0.39, 0.29) is 0 Å². The summed E-state index contributed by atoms with van der Waals surface area (Å²) in [7, 11) is 2.17. The number of ether oxygens (including phenoxy) is 2. The van der Waals surface area contributed by atoms with Gasteiger partial charge in [-0.25, -0.2) is 0 Å². The highest BCUT2D eigenvalue weighted by Gasteiger charge is 2.34. The molecule has 2 N–H and O–H groups in total. The van der Waals surface area contributed by atoms with Gasteiger partial charge in [-0.1, -0.05) is 0 Å². The van der Waals surface area contributed by atoms with Gasteiger partial charge in [-0.2, -0.15) is 0 Å². The summed E-state index contributed by atoms with van der Waals surface area (Å²) in [6.07, 6.45) is 1.10. The highest BCUT2D eigenvalue weighted by Crippen LogP contribution is 2.47. The van der Waals surface area contributed by atoms with E-state index in [1.165, 1.54) is 11.1 Å². The molecule has 4 nitrogen and oxygen atoms in total. The van der Waals surface area contributed by atoms with Crippen LogP contribution in [0, 0.1) is 12.8 Å². The lowest BCUT2D eigenvalue weighted by Crippen LogP contribution is -2.22. The van der Waals surface area contributed by atoms with Crippen molar-refractivity contribution >= 4 is 15.9 Å². The molecule has 1 aromatic rings. The van der Waals surface area contributed by atoms with Crippen molar-refractivity contribution in [3.05, 3.63) is 21.7 Å². The van der Waals surface area contributed by atoms with E-state index in [9.17, 15) is 0 Å². The van der Waals surface area contributed by atoms with Crippen molar-refractivity contribution in [3.63, 3.8) is 0 Å². The first-order chi connectivity index (χ1) is 9.61. The molecule has 0 radical (unpaired) electrons. The molecule has 0 bridgehead atoms. The molecule has 2 heterocycles. The van der Waals surface area contributed by atoms with E-state index in [1.807, 2.05) is 0 Å². The lowest BCUT2D eigenvalue weighted by Gasteiger charge is -2.27. The summed E-state index contributed by atoms with van der Waals surface area (Å²) in [4.78, 5) is 2.39. The molecule has 5 heteroatoms. The van der Waals surface area contributed by atoms with Crippen LogP contribution in [0.5, 0.6) is 11.5 Å².